The maximum Gasteiger partial charge on any atom is 0.327 e. The highest BCUT2D eigenvalue weighted by molar-refractivity contribution is 7.99. The van der Waals surface area contributed by atoms with E-state index in [4.69, 9.17) is 0 Å². The van der Waals surface area contributed by atoms with Gasteiger partial charge in [0.2, 0.25) is 12.3 Å². The molecular formula is C23H38N2O4S. The molecule has 0 radical (unpaired) electrons. The number of nitrogens with one attached hydrogen (secondary N) is 2. The Morgan fingerprint density at radius 2 is 1.60 bits per heavy atom. The van der Waals surface area contributed by atoms with Crippen LogP contribution in [0.1, 0.15) is 66.2 Å². The molecule has 0 aliphatic rings. The quantitative estimate of drug-likeness (QED) is 0.179. The Morgan fingerprint density at radius 3 is 2.20 bits per heavy atom. The van der Waals surface area contributed by atoms with Crippen LogP contribution in [0.15, 0.2) is 34.9 Å². The van der Waals surface area contributed by atoms with Crippen molar-refractivity contribution in [2.24, 2.45) is 0 Å². The van der Waals surface area contributed by atoms with Gasteiger partial charge in [-0.25, -0.2) is 4.79 Å². The minimum absolute atomic E-state index is 0.190. The van der Waals surface area contributed by atoms with Crippen LogP contribution in [0.4, 0.5) is 0 Å². The molecule has 0 aromatic rings. The molecule has 0 aromatic heterocycles. The lowest BCUT2D eigenvalue weighted by Gasteiger charge is -2.14. The molecule has 6 nitrogen and oxygen atoms in total. The standard InChI is InChI=1S/C23H38N2O4S/c1-18(2)8-5-9-19(3)10-6-11-20(4)13-15-30-16-21(23(28)29)25-22(27)12-7-14-24-17-26/h8,10,13,17,21H,5-7,9,11-12,14-16H2,1-4H3,(H,24,26)(H,25,27)(H,28,29)/b19-10+,20-13+. The summed E-state index contributed by atoms with van der Waals surface area (Å²) in [5.41, 5.74) is 4.06. The Kier molecular flexibility index (Phi) is 16.6. The van der Waals surface area contributed by atoms with Crippen molar-refractivity contribution < 1.29 is 19.5 Å². The number of hydrogen-bond acceptors (Lipinski definition) is 4. The molecule has 0 bridgehead atoms. The molecule has 0 rings (SSSR count). The SMILES string of the molecule is CC(C)=CCC/C(C)=C/CC/C(C)=C/CSCC(NC(=O)CCCNC=O)C(=O)O. The van der Waals surface area contributed by atoms with Crippen LogP contribution in [0.2, 0.25) is 0 Å². The summed E-state index contributed by atoms with van der Waals surface area (Å²) in [4.78, 5) is 33.3. The summed E-state index contributed by atoms with van der Waals surface area (Å²) in [7, 11) is 0. The highest BCUT2D eigenvalue weighted by atomic mass is 32.2. The van der Waals surface area contributed by atoms with Crippen molar-refractivity contribution in [3.63, 3.8) is 0 Å². The molecular weight excluding hydrogens is 400 g/mol. The second-order valence-corrected chi connectivity index (χ2v) is 8.71. The van der Waals surface area contributed by atoms with Crippen molar-refractivity contribution in [3.8, 4) is 0 Å². The van der Waals surface area contributed by atoms with E-state index in [0.29, 0.717) is 25.1 Å². The topological polar surface area (TPSA) is 95.5 Å². The van der Waals surface area contributed by atoms with E-state index in [2.05, 4.69) is 56.6 Å². The number of amides is 2. The minimum atomic E-state index is -1.03. The molecule has 1 atom stereocenters. The second-order valence-electron chi connectivity index (χ2n) is 7.63. The maximum atomic E-state index is 11.8. The second kappa shape index (κ2) is 17.8. The number of carbonyl (C=O) groups excluding carboxylic acids is 2. The highest BCUT2D eigenvalue weighted by Crippen LogP contribution is 2.13. The van der Waals surface area contributed by atoms with E-state index < -0.39 is 12.0 Å². The molecule has 2 amide bonds. The van der Waals surface area contributed by atoms with Crippen molar-refractivity contribution in [2.45, 2.75) is 72.3 Å². The van der Waals surface area contributed by atoms with Gasteiger partial charge in [-0.3, -0.25) is 9.59 Å². The van der Waals surface area contributed by atoms with Crippen molar-refractivity contribution >= 4 is 30.0 Å². The first-order valence-corrected chi connectivity index (χ1v) is 11.6. The lowest BCUT2D eigenvalue weighted by molar-refractivity contribution is -0.141. The lowest BCUT2D eigenvalue weighted by atomic mass is 10.1. The summed E-state index contributed by atoms with van der Waals surface area (Å²) in [6.45, 7) is 8.91. The van der Waals surface area contributed by atoms with Crippen molar-refractivity contribution in [2.75, 3.05) is 18.1 Å². The zero-order valence-electron chi connectivity index (χ0n) is 18.8. The van der Waals surface area contributed by atoms with E-state index in [1.807, 2.05) is 0 Å². The summed E-state index contributed by atoms with van der Waals surface area (Å²) < 4.78 is 0. The average molecular weight is 439 g/mol. The van der Waals surface area contributed by atoms with Gasteiger partial charge in [-0.15, -0.1) is 0 Å². The number of carboxylic acid groups (broad SMARTS) is 1. The fourth-order valence-electron chi connectivity index (χ4n) is 2.58. The Labute approximate surface area is 185 Å². The summed E-state index contributed by atoms with van der Waals surface area (Å²) in [6, 6.07) is -0.901. The molecule has 0 aliphatic carbocycles. The fraction of sp³-hybridized carbons (Fsp3) is 0.609. The van der Waals surface area contributed by atoms with Crippen LogP contribution in [0.5, 0.6) is 0 Å². The normalized spacial score (nSPS) is 12.8. The van der Waals surface area contributed by atoms with Crippen molar-refractivity contribution in [3.05, 3.63) is 34.9 Å². The number of carbonyl (C=O) groups is 3. The Morgan fingerprint density at radius 1 is 0.967 bits per heavy atom. The van der Waals surface area contributed by atoms with Gasteiger partial charge in [-0.1, -0.05) is 34.9 Å². The molecule has 7 heteroatoms. The number of rotatable bonds is 17. The molecule has 1 unspecified atom stereocenters. The third-order valence-electron chi connectivity index (χ3n) is 4.40. The van der Waals surface area contributed by atoms with E-state index in [9.17, 15) is 19.5 Å². The number of carboxylic acids is 1. The molecule has 0 heterocycles. The average Bonchev–Trinajstić information content (AvgIpc) is 2.67. The van der Waals surface area contributed by atoms with Gasteiger partial charge in [0.1, 0.15) is 6.04 Å². The van der Waals surface area contributed by atoms with E-state index >= 15 is 0 Å². The predicted octanol–water partition coefficient (Wildman–Crippen LogP) is 4.23. The number of allylic oxidation sites excluding steroid dienone is 5. The molecule has 3 N–H and O–H groups in total. The first kappa shape index (κ1) is 28.0. The van der Waals surface area contributed by atoms with Crippen LogP contribution >= 0.6 is 11.8 Å². The first-order valence-electron chi connectivity index (χ1n) is 10.5. The third-order valence-corrected chi connectivity index (χ3v) is 5.37. The van der Waals surface area contributed by atoms with Crippen LogP contribution in [-0.4, -0.2) is 47.5 Å². The van der Waals surface area contributed by atoms with Gasteiger partial charge in [0.25, 0.3) is 0 Å². The number of aliphatic carboxylic acids is 1. The predicted molar refractivity (Wildman–Crippen MR) is 126 cm³/mol. The van der Waals surface area contributed by atoms with Gasteiger partial charge in [0.05, 0.1) is 0 Å². The Hall–Kier alpha value is -2.02. The lowest BCUT2D eigenvalue weighted by Crippen LogP contribution is -2.42. The van der Waals surface area contributed by atoms with Crippen molar-refractivity contribution in [1.82, 2.24) is 10.6 Å². The monoisotopic (exact) mass is 438 g/mol. The van der Waals surface area contributed by atoms with Gasteiger partial charge < -0.3 is 15.7 Å². The van der Waals surface area contributed by atoms with Crippen LogP contribution < -0.4 is 10.6 Å². The van der Waals surface area contributed by atoms with Crippen LogP contribution in [0.3, 0.4) is 0 Å². The van der Waals surface area contributed by atoms with Gasteiger partial charge >= 0.3 is 5.97 Å². The molecule has 0 saturated heterocycles. The minimum Gasteiger partial charge on any atom is -0.480 e. The molecule has 0 spiro atoms. The number of thioether (sulfide) groups is 1. The van der Waals surface area contributed by atoms with Gasteiger partial charge in [0, 0.05) is 24.5 Å². The smallest absolute Gasteiger partial charge is 0.327 e. The molecule has 0 aromatic carbocycles. The molecule has 0 aliphatic heterocycles. The van der Waals surface area contributed by atoms with Gasteiger partial charge in [-0.05, 0) is 59.8 Å². The molecule has 0 saturated carbocycles. The summed E-state index contributed by atoms with van der Waals surface area (Å²) >= 11 is 1.49. The van der Waals surface area contributed by atoms with E-state index in [1.165, 1.54) is 28.5 Å². The van der Waals surface area contributed by atoms with E-state index in [0.717, 1.165) is 31.4 Å². The Balaban J connectivity index is 4.16. The van der Waals surface area contributed by atoms with E-state index in [-0.39, 0.29) is 12.3 Å². The van der Waals surface area contributed by atoms with Crippen LogP contribution in [0, 0.1) is 0 Å². The maximum absolute atomic E-state index is 11.8. The van der Waals surface area contributed by atoms with Gasteiger partial charge in [0.15, 0.2) is 0 Å². The van der Waals surface area contributed by atoms with Crippen molar-refractivity contribution in [1.29, 1.82) is 0 Å². The zero-order chi connectivity index (χ0) is 22.8. The van der Waals surface area contributed by atoms with Crippen LogP contribution in [0.25, 0.3) is 0 Å². The van der Waals surface area contributed by atoms with Gasteiger partial charge in [-0.2, -0.15) is 11.8 Å². The van der Waals surface area contributed by atoms with Crippen LogP contribution in [-0.2, 0) is 14.4 Å². The highest BCUT2D eigenvalue weighted by Gasteiger charge is 2.19. The summed E-state index contributed by atoms with van der Waals surface area (Å²) in [5.74, 6) is -0.302. The third kappa shape index (κ3) is 16.9. The van der Waals surface area contributed by atoms with E-state index in [1.54, 1.807) is 0 Å². The zero-order valence-corrected chi connectivity index (χ0v) is 19.6. The number of hydrogen-bond donors (Lipinski definition) is 3. The molecule has 0 fully saturated rings. The Bertz CT molecular complexity index is 623. The molecule has 170 valence electrons. The first-order chi connectivity index (χ1) is 14.3. The fourth-order valence-corrected chi connectivity index (χ4v) is 3.58. The molecule has 30 heavy (non-hydrogen) atoms. The summed E-state index contributed by atoms with van der Waals surface area (Å²) in [5, 5.41) is 14.3. The summed E-state index contributed by atoms with van der Waals surface area (Å²) in [6.07, 6.45) is 12.1. The largest absolute Gasteiger partial charge is 0.480 e.